The van der Waals surface area contributed by atoms with E-state index in [4.69, 9.17) is 9.84 Å². The molecule has 0 aliphatic heterocycles. The first-order valence-electron chi connectivity index (χ1n) is 8.75. The van der Waals surface area contributed by atoms with Crippen LogP contribution in [0.1, 0.15) is 71.6 Å². The number of allylic oxidation sites excluding steroid dienone is 3. The average molecular weight is 334 g/mol. The van der Waals surface area contributed by atoms with Crippen molar-refractivity contribution in [3.8, 4) is 11.8 Å². The van der Waals surface area contributed by atoms with E-state index in [0.717, 1.165) is 51.4 Å². The quantitative estimate of drug-likeness (QED) is 0.244. The van der Waals surface area contributed by atoms with Crippen LogP contribution in [-0.4, -0.2) is 23.1 Å². The van der Waals surface area contributed by atoms with Gasteiger partial charge in [0.25, 0.3) is 0 Å². The topological polar surface area (TPSA) is 63.6 Å². The van der Waals surface area contributed by atoms with Crippen molar-refractivity contribution in [2.24, 2.45) is 0 Å². The predicted octanol–water partition coefficient (Wildman–Crippen LogP) is 4.65. The molecule has 0 aromatic rings. The molecule has 0 aliphatic rings. The van der Waals surface area contributed by atoms with Gasteiger partial charge in [-0.2, -0.15) is 0 Å². The van der Waals surface area contributed by atoms with E-state index in [1.807, 2.05) is 12.2 Å². The van der Waals surface area contributed by atoms with Crippen molar-refractivity contribution >= 4 is 11.9 Å². The minimum absolute atomic E-state index is 0.254. The Kier molecular flexibility index (Phi) is 14.5. The van der Waals surface area contributed by atoms with Crippen LogP contribution in [0.3, 0.4) is 0 Å². The molecular weight excluding hydrogens is 304 g/mol. The zero-order valence-corrected chi connectivity index (χ0v) is 14.9. The Morgan fingerprint density at radius 1 is 1.08 bits per heavy atom. The number of hydrogen-bond donors (Lipinski definition) is 1. The zero-order chi connectivity index (χ0) is 18.0. The van der Waals surface area contributed by atoms with Crippen LogP contribution in [0.15, 0.2) is 24.3 Å². The molecule has 0 spiro atoms. The van der Waals surface area contributed by atoms with Crippen LogP contribution in [-0.2, 0) is 14.3 Å². The molecule has 1 N–H and O–H groups in total. The number of ether oxygens (including phenoxy) is 1. The summed E-state index contributed by atoms with van der Waals surface area (Å²) in [5.41, 5.74) is 0. The van der Waals surface area contributed by atoms with Gasteiger partial charge < -0.3 is 9.84 Å². The largest absolute Gasteiger partial charge is 0.481 e. The summed E-state index contributed by atoms with van der Waals surface area (Å²) in [5, 5.41) is 8.54. The second-order valence-electron chi connectivity index (χ2n) is 5.56. The summed E-state index contributed by atoms with van der Waals surface area (Å²) in [4.78, 5) is 21.5. The van der Waals surface area contributed by atoms with Gasteiger partial charge in [-0.05, 0) is 31.8 Å². The number of hydrogen-bond acceptors (Lipinski definition) is 3. The molecule has 0 saturated heterocycles. The summed E-state index contributed by atoms with van der Waals surface area (Å²) < 4.78 is 5.16. The highest BCUT2D eigenvalue weighted by atomic mass is 16.5. The summed E-state index contributed by atoms with van der Waals surface area (Å²) in [6.45, 7) is 3.47. The molecule has 0 bridgehead atoms. The summed E-state index contributed by atoms with van der Waals surface area (Å²) >= 11 is 0. The number of carbonyl (C=O) groups excluding carboxylic acids is 1. The number of esters is 1. The summed E-state index contributed by atoms with van der Waals surface area (Å²) in [6.07, 6.45) is 15.0. The molecule has 0 aromatic carbocycles. The van der Waals surface area contributed by atoms with Crippen molar-refractivity contribution in [3.05, 3.63) is 24.3 Å². The molecule has 0 fully saturated rings. The lowest BCUT2D eigenvalue weighted by molar-refractivity contribution is -0.142. The van der Waals surface area contributed by atoms with Gasteiger partial charge in [0.2, 0.25) is 0 Å². The number of unbranched alkanes of at least 4 members (excludes halogenated alkanes) is 5. The Bertz CT molecular complexity index is 466. The minimum atomic E-state index is -0.726. The van der Waals surface area contributed by atoms with Crippen LogP contribution in [0.5, 0.6) is 0 Å². The standard InChI is InChI=1S/C20H30O4/c1-3-4-5-9-12-15-19(24-18(2)21)16-13-10-7-6-8-11-14-17-20(22)23/h4-5,12,15,19H,3,6-11,14,17H2,1-2H3,(H,22,23)/b5-4-,15-12+. The first-order valence-corrected chi connectivity index (χ1v) is 8.75. The van der Waals surface area contributed by atoms with Crippen LogP contribution in [0.2, 0.25) is 0 Å². The van der Waals surface area contributed by atoms with Crippen molar-refractivity contribution in [2.45, 2.75) is 77.7 Å². The van der Waals surface area contributed by atoms with Crippen LogP contribution in [0.4, 0.5) is 0 Å². The Balaban J connectivity index is 3.99. The van der Waals surface area contributed by atoms with Crippen molar-refractivity contribution in [1.82, 2.24) is 0 Å². The Morgan fingerprint density at radius 3 is 2.46 bits per heavy atom. The van der Waals surface area contributed by atoms with Crippen molar-refractivity contribution in [3.63, 3.8) is 0 Å². The van der Waals surface area contributed by atoms with E-state index >= 15 is 0 Å². The molecule has 134 valence electrons. The van der Waals surface area contributed by atoms with Gasteiger partial charge in [0, 0.05) is 19.8 Å². The third-order valence-electron chi connectivity index (χ3n) is 3.22. The van der Waals surface area contributed by atoms with Gasteiger partial charge >= 0.3 is 11.9 Å². The second kappa shape index (κ2) is 15.9. The van der Waals surface area contributed by atoms with Gasteiger partial charge in [-0.3, -0.25) is 9.59 Å². The molecule has 0 saturated carbocycles. The average Bonchev–Trinajstić information content (AvgIpc) is 2.51. The van der Waals surface area contributed by atoms with Gasteiger partial charge in [-0.15, -0.1) is 0 Å². The molecule has 0 radical (unpaired) electrons. The SMILES string of the molecule is CC/C=C\C/C=C/C(C#CCCCCCCCC(=O)O)OC(C)=O. The van der Waals surface area contributed by atoms with E-state index in [-0.39, 0.29) is 12.4 Å². The highest BCUT2D eigenvalue weighted by Crippen LogP contribution is 2.07. The molecule has 1 unspecified atom stereocenters. The number of carboxylic acids is 1. The van der Waals surface area contributed by atoms with Crippen molar-refractivity contribution in [2.75, 3.05) is 0 Å². The summed E-state index contributed by atoms with van der Waals surface area (Å²) in [5.74, 6) is 4.98. The Hall–Kier alpha value is -2.02. The van der Waals surface area contributed by atoms with Crippen LogP contribution in [0.25, 0.3) is 0 Å². The third kappa shape index (κ3) is 16.4. The second-order valence-corrected chi connectivity index (χ2v) is 5.56. The molecule has 0 aromatic heterocycles. The third-order valence-corrected chi connectivity index (χ3v) is 3.22. The fraction of sp³-hybridized carbons (Fsp3) is 0.600. The maximum Gasteiger partial charge on any atom is 0.304 e. The lowest BCUT2D eigenvalue weighted by atomic mass is 10.1. The lowest BCUT2D eigenvalue weighted by Gasteiger charge is -2.05. The highest BCUT2D eigenvalue weighted by Gasteiger charge is 2.02. The van der Waals surface area contributed by atoms with Gasteiger partial charge in [0.05, 0.1) is 0 Å². The highest BCUT2D eigenvalue weighted by molar-refractivity contribution is 5.67. The van der Waals surface area contributed by atoms with Crippen LogP contribution >= 0.6 is 0 Å². The predicted molar refractivity (Wildman–Crippen MR) is 96.5 cm³/mol. The van der Waals surface area contributed by atoms with Gasteiger partial charge in [-0.25, -0.2) is 0 Å². The maximum absolute atomic E-state index is 11.1. The lowest BCUT2D eigenvalue weighted by Crippen LogP contribution is -2.11. The number of rotatable bonds is 12. The number of carbonyl (C=O) groups is 2. The van der Waals surface area contributed by atoms with E-state index in [9.17, 15) is 9.59 Å². The molecule has 0 amide bonds. The summed E-state index contributed by atoms with van der Waals surface area (Å²) in [6, 6.07) is 0. The molecule has 0 aliphatic carbocycles. The van der Waals surface area contributed by atoms with Crippen LogP contribution in [0, 0.1) is 11.8 Å². The first kappa shape index (κ1) is 22.0. The first-order chi connectivity index (χ1) is 11.6. The van der Waals surface area contributed by atoms with E-state index in [0.29, 0.717) is 0 Å². The van der Waals surface area contributed by atoms with Crippen molar-refractivity contribution in [1.29, 1.82) is 0 Å². The molecule has 0 heterocycles. The molecule has 4 nitrogen and oxygen atoms in total. The monoisotopic (exact) mass is 334 g/mol. The number of aliphatic carboxylic acids is 1. The van der Waals surface area contributed by atoms with Gasteiger partial charge in [0.15, 0.2) is 6.10 Å². The maximum atomic E-state index is 11.1. The smallest absolute Gasteiger partial charge is 0.304 e. The fourth-order valence-corrected chi connectivity index (χ4v) is 2.03. The normalized spacial score (nSPS) is 12.1. The Morgan fingerprint density at radius 2 is 1.79 bits per heavy atom. The minimum Gasteiger partial charge on any atom is -0.481 e. The Labute approximate surface area is 146 Å². The van der Waals surface area contributed by atoms with Gasteiger partial charge in [-0.1, -0.05) is 56.3 Å². The molecule has 4 heteroatoms. The van der Waals surface area contributed by atoms with Crippen LogP contribution < -0.4 is 0 Å². The van der Waals surface area contributed by atoms with E-state index < -0.39 is 12.1 Å². The van der Waals surface area contributed by atoms with Crippen molar-refractivity contribution < 1.29 is 19.4 Å². The van der Waals surface area contributed by atoms with Gasteiger partial charge in [0.1, 0.15) is 0 Å². The van der Waals surface area contributed by atoms with E-state index in [1.165, 1.54) is 6.92 Å². The fourth-order valence-electron chi connectivity index (χ4n) is 2.03. The van der Waals surface area contributed by atoms with E-state index in [1.54, 1.807) is 0 Å². The van der Waals surface area contributed by atoms with E-state index in [2.05, 4.69) is 30.9 Å². The zero-order valence-electron chi connectivity index (χ0n) is 14.9. The molecule has 1 atom stereocenters. The summed E-state index contributed by atoms with van der Waals surface area (Å²) in [7, 11) is 0. The molecule has 0 rings (SSSR count). The molecular formula is C20H30O4. The number of carboxylic acid groups (broad SMARTS) is 1. The molecule has 24 heavy (non-hydrogen) atoms.